The molecule has 0 saturated carbocycles. The van der Waals surface area contributed by atoms with Crippen LogP contribution in [0.25, 0.3) is 0 Å². The number of carbonyl (C=O) groups excluding carboxylic acids is 2. The number of aromatic nitrogens is 4. The van der Waals surface area contributed by atoms with Crippen LogP contribution in [0, 0.1) is 0 Å². The second-order valence-corrected chi connectivity index (χ2v) is 4.62. The molecular formula is C13H16N6O4. The van der Waals surface area contributed by atoms with Gasteiger partial charge in [-0.2, -0.15) is 10.2 Å². The molecule has 0 aliphatic rings. The molecule has 10 nitrogen and oxygen atoms in total. The van der Waals surface area contributed by atoms with Crippen molar-refractivity contribution in [2.24, 2.45) is 7.05 Å². The Kier molecular flexibility index (Phi) is 4.44. The summed E-state index contributed by atoms with van der Waals surface area (Å²) < 4.78 is 2.58. The molecule has 10 heteroatoms. The summed E-state index contributed by atoms with van der Waals surface area (Å²) in [6, 6.07) is 0. The lowest BCUT2D eigenvalue weighted by Crippen LogP contribution is -2.22. The number of amides is 2. The Morgan fingerprint density at radius 2 is 2.00 bits per heavy atom. The minimum Gasteiger partial charge on any atom is -0.477 e. The third kappa shape index (κ3) is 3.05. The molecular weight excluding hydrogens is 304 g/mol. The largest absolute Gasteiger partial charge is 0.477 e. The topological polar surface area (TPSA) is 131 Å². The quantitative estimate of drug-likeness (QED) is 0.707. The number of nitrogens with zero attached hydrogens (tertiary/aromatic N) is 4. The zero-order chi connectivity index (χ0) is 17.1. The van der Waals surface area contributed by atoms with Gasteiger partial charge in [0.05, 0.1) is 17.4 Å². The molecule has 0 aromatic carbocycles. The Labute approximate surface area is 131 Å². The molecule has 2 heterocycles. The Bertz CT molecular complexity index is 776. The number of hydrogen-bond donors (Lipinski definition) is 3. The van der Waals surface area contributed by atoms with Crippen molar-refractivity contribution in [3.8, 4) is 0 Å². The van der Waals surface area contributed by atoms with Crippen molar-refractivity contribution in [1.82, 2.24) is 24.9 Å². The second kappa shape index (κ2) is 6.30. The zero-order valence-corrected chi connectivity index (χ0v) is 12.8. The summed E-state index contributed by atoms with van der Waals surface area (Å²) in [5.41, 5.74) is -0.112. The monoisotopic (exact) mass is 320 g/mol. The summed E-state index contributed by atoms with van der Waals surface area (Å²) in [5.74, 6) is -2.42. The van der Waals surface area contributed by atoms with E-state index in [0.717, 1.165) is 10.9 Å². The third-order valence-electron chi connectivity index (χ3n) is 3.16. The summed E-state index contributed by atoms with van der Waals surface area (Å²) in [7, 11) is 2.87. The molecule has 2 aromatic heterocycles. The van der Waals surface area contributed by atoms with Crippen LogP contribution in [0.15, 0.2) is 12.4 Å². The summed E-state index contributed by atoms with van der Waals surface area (Å²) in [4.78, 5) is 35.3. The zero-order valence-electron chi connectivity index (χ0n) is 12.8. The predicted octanol–water partition coefficient (Wildman–Crippen LogP) is -0.0534. The maximum atomic E-state index is 12.3. The first kappa shape index (κ1) is 16.2. The van der Waals surface area contributed by atoms with Gasteiger partial charge in [0.1, 0.15) is 0 Å². The van der Waals surface area contributed by atoms with E-state index in [0.29, 0.717) is 6.54 Å². The lowest BCUT2D eigenvalue weighted by Gasteiger charge is -2.04. The van der Waals surface area contributed by atoms with Gasteiger partial charge in [-0.3, -0.25) is 19.0 Å². The van der Waals surface area contributed by atoms with Crippen LogP contribution in [0.3, 0.4) is 0 Å². The molecule has 0 fully saturated rings. The number of carboxylic acids is 1. The van der Waals surface area contributed by atoms with Crippen molar-refractivity contribution in [2.45, 2.75) is 13.5 Å². The molecule has 0 bridgehead atoms. The fraction of sp³-hybridized carbons (Fsp3) is 0.308. The molecule has 0 spiro atoms. The SMILES string of the molecule is CCn1cc(NC(=O)c2cnn(C)c2C(=O)O)c(C(=O)NC)n1. The van der Waals surface area contributed by atoms with E-state index in [4.69, 9.17) is 5.11 Å². The number of carbonyl (C=O) groups is 3. The van der Waals surface area contributed by atoms with Gasteiger partial charge in [-0.15, -0.1) is 0 Å². The lowest BCUT2D eigenvalue weighted by atomic mass is 10.2. The molecule has 3 N–H and O–H groups in total. The maximum Gasteiger partial charge on any atom is 0.354 e. The van der Waals surface area contributed by atoms with Crippen molar-refractivity contribution < 1.29 is 19.5 Å². The van der Waals surface area contributed by atoms with Crippen LogP contribution in [-0.2, 0) is 13.6 Å². The fourth-order valence-electron chi connectivity index (χ4n) is 2.01. The molecule has 2 aromatic rings. The van der Waals surface area contributed by atoms with Crippen molar-refractivity contribution >= 4 is 23.5 Å². The lowest BCUT2D eigenvalue weighted by molar-refractivity contribution is 0.0680. The van der Waals surface area contributed by atoms with Gasteiger partial charge in [0.2, 0.25) is 0 Å². The average molecular weight is 320 g/mol. The molecule has 0 unspecified atom stereocenters. The van der Waals surface area contributed by atoms with Crippen LogP contribution in [0.1, 0.15) is 38.3 Å². The molecule has 0 aliphatic carbocycles. The summed E-state index contributed by atoms with van der Waals surface area (Å²) in [6.45, 7) is 2.34. The molecule has 2 rings (SSSR count). The van der Waals surface area contributed by atoms with Gasteiger partial charge < -0.3 is 15.7 Å². The van der Waals surface area contributed by atoms with Gasteiger partial charge >= 0.3 is 5.97 Å². The first-order chi connectivity index (χ1) is 10.9. The van der Waals surface area contributed by atoms with Gasteiger partial charge in [0.25, 0.3) is 11.8 Å². The predicted molar refractivity (Wildman–Crippen MR) is 79.4 cm³/mol. The molecule has 0 radical (unpaired) electrons. The molecule has 0 saturated heterocycles. The van der Waals surface area contributed by atoms with Gasteiger partial charge in [-0.1, -0.05) is 0 Å². The van der Waals surface area contributed by atoms with Crippen molar-refractivity contribution in [3.63, 3.8) is 0 Å². The number of carboxylic acid groups (broad SMARTS) is 1. The molecule has 0 aliphatic heterocycles. The second-order valence-electron chi connectivity index (χ2n) is 4.62. The number of rotatable bonds is 5. The van der Waals surface area contributed by atoms with E-state index < -0.39 is 17.8 Å². The third-order valence-corrected chi connectivity index (χ3v) is 3.16. The summed E-state index contributed by atoms with van der Waals surface area (Å²) >= 11 is 0. The van der Waals surface area contributed by atoms with E-state index in [-0.39, 0.29) is 22.6 Å². The average Bonchev–Trinajstić information content (AvgIpc) is 3.09. The van der Waals surface area contributed by atoms with Crippen LogP contribution < -0.4 is 10.6 Å². The van der Waals surface area contributed by atoms with Gasteiger partial charge in [-0.05, 0) is 6.92 Å². The van der Waals surface area contributed by atoms with Crippen LogP contribution in [-0.4, -0.2) is 49.5 Å². The summed E-state index contributed by atoms with van der Waals surface area (Å²) in [5, 5.41) is 21.9. The van der Waals surface area contributed by atoms with Crippen LogP contribution in [0.4, 0.5) is 5.69 Å². The van der Waals surface area contributed by atoms with E-state index in [1.807, 2.05) is 6.92 Å². The van der Waals surface area contributed by atoms with Gasteiger partial charge in [-0.25, -0.2) is 4.79 Å². The van der Waals surface area contributed by atoms with E-state index in [1.54, 1.807) is 0 Å². The first-order valence-corrected chi connectivity index (χ1v) is 6.75. The highest BCUT2D eigenvalue weighted by Gasteiger charge is 2.24. The standard InChI is InChI=1S/C13H16N6O4/c1-4-19-6-8(9(17-19)12(21)14-2)16-11(20)7-5-15-18(3)10(7)13(22)23/h5-6H,4H2,1-3H3,(H,14,21)(H,16,20)(H,22,23). The van der Waals surface area contributed by atoms with Gasteiger partial charge in [0.15, 0.2) is 11.4 Å². The fourth-order valence-corrected chi connectivity index (χ4v) is 2.01. The molecule has 23 heavy (non-hydrogen) atoms. The van der Waals surface area contributed by atoms with E-state index in [1.165, 1.54) is 25.0 Å². The Morgan fingerprint density at radius 3 is 2.57 bits per heavy atom. The molecule has 0 atom stereocenters. The van der Waals surface area contributed by atoms with E-state index in [9.17, 15) is 14.4 Å². The molecule has 2 amide bonds. The number of hydrogen-bond acceptors (Lipinski definition) is 5. The van der Waals surface area contributed by atoms with Gasteiger partial charge in [0, 0.05) is 26.8 Å². The van der Waals surface area contributed by atoms with Crippen molar-refractivity contribution in [2.75, 3.05) is 12.4 Å². The summed E-state index contributed by atoms with van der Waals surface area (Å²) in [6.07, 6.45) is 2.65. The Hall–Kier alpha value is -3.17. The highest BCUT2D eigenvalue weighted by atomic mass is 16.4. The van der Waals surface area contributed by atoms with Crippen LogP contribution in [0.5, 0.6) is 0 Å². The highest BCUT2D eigenvalue weighted by molar-refractivity contribution is 6.12. The first-order valence-electron chi connectivity index (χ1n) is 6.75. The number of aryl methyl sites for hydroxylation is 2. The smallest absolute Gasteiger partial charge is 0.354 e. The van der Waals surface area contributed by atoms with Crippen LogP contribution >= 0.6 is 0 Å². The Morgan fingerprint density at radius 1 is 1.30 bits per heavy atom. The van der Waals surface area contributed by atoms with Crippen molar-refractivity contribution in [3.05, 3.63) is 29.3 Å². The van der Waals surface area contributed by atoms with Crippen molar-refractivity contribution in [1.29, 1.82) is 0 Å². The number of aromatic carboxylic acids is 1. The minimum absolute atomic E-state index is 0.0449. The van der Waals surface area contributed by atoms with E-state index in [2.05, 4.69) is 20.8 Å². The number of nitrogens with one attached hydrogen (secondary N) is 2. The molecule has 122 valence electrons. The van der Waals surface area contributed by atoms with E-state index >= 15 is 0 Å². The minimum atomic E-state index is -1.27. The van der Waals surface area contributed by atoms with Crippen LogP contribution in [0.2, 0.25) is 0 Å². The Balaban J connectivity index is 2.36. The number of anilines is 1. The highest BCUT2D eigenvalue weighted by Crippen LogP contribution is 2.17. The normalized spacial score (nSPS) is 10.4. The maximum absolute atomic E-state index is 12.3.